The topological polar surface area (TPSA) is 41.9 Å². The molecule has 4 heteroatoms. The lowest BCUT2D eigenvalue weighted by Gasteiger charge is -2.36. The van der Waals surface area contributed by atoms with Gasteiger partial charge in [0, 0.05) is 25.3 Å². The fraction of sp³-hybridized carbons (Fsp3) is 0.333. The third-order valence-electron chi connectivity index (χ3n) is 6.05. The van der Waals surface area contributed by atoms with Crippen molar-refractivity contribution in [1.29, 1.82) is 0 Å². The van der Waals surface area contributed by atoms with Crippen molar-refractivity contribution in [3.05, 3.63) is 82.9 Å². The van der Waals surface area contributed by atoms with Crippen molar-refractivity contribution in [2.24, 2.45) is 16.5 Å². The second kappa shape index (κ2) is 8.54. The minimum Gasteiger partial charge on any atom is -0.378 e. The lowest BCUT2D eigenvalue weighted by molar-refractivity contribution is -0.137. The van der Waals surface area contributed by atoms with Crippen LogP contribution in [0.15, 0.2) is 77.0 Å². The smallest absolute Gasteiger partial charge is 0.368 e. The average molecular weight is 415 g/mol. The first kappa shape index (κ1) is 21.1. The van der Waals surface area contributed by atoms with Gasteiger partial charge in [0.15, 0.2) is 0 Å². The summed E-state index contributed by atoms with van der Waals surface area (Å²) in [6.07, 6.45) is 7.32. The third kappa shape index (κ3) is 4.79. The maximum atomic E-state index is 12.6. The molecule has 0 N–H and O–H groups in total. The van der Waals surface area contributed by atoms with Crippen LogP contribution in [0.25, 0.3) is 6.08 Å². The molecular formula is C27H30N2O2. The molecule has 2 aromatic carbocycles. The highest BCUT2D eigenvalue weighted by Gasteiger charge is 2.36. The first-order chi connectivity index (χ1) is 14.8. The molecular weight excluding hydrogens is 384 g/mol. The van der Waals surface area contributed by atoms with Gasteiger partial charge in [0.05, 0.1) is 5.57 Å². The Morgan fingerprint density at radius 1 is 1.06 bits per heavy atom. The molecule has 0 spiro atoms. The summed E-state index contributed by atoms with van der Waals surface area (Å²) in [7, 11) is 4.09. The van der Waals surface area contributed by atoms with E-state index in [0.717, 1.165) is 30.4 Å². The molecule has 1 saturated carbocycles. The number of rotatable bonds is 4. The second-order valence-electron chi connectivity index (χ2n) is 9.52. The lowest BCUT2D eigenvalue weighted by atomic mass is 9.68. The number of anilines is 1. The average Bonchev–Trinajstić information content (AvgIpc) is 3.13. The zero-order valence-corrected chi connectivity index (χ0v) is 18.8. The summed E-state index contributed by atoms with van der Waals surface area (Å²) in [5.74, 6) is 0.0405. The maximum Gasteiger partial charge on any atom is 0.368 e. The minimum atomic E-state index is -0.325. The van der Waals surface area contributed by atoms with Gasteiger partial charge in [0.2, 0.25) is 0 Å². The van der Waals surface area contributed by atoms with Crippen LogP contribution in [0, 0.1) is 11.3 Å². The van der Waals surface area contributed by atoms with E-state index in [1.807, 2.05) is 44.4 Å². The normalized spacial score (nSPS) is 23.0. The van der Waals surface area contributed by atoms with Crippen LogP contribution >= 0.6 is 0 Å². The van der Waals surface area contributed by atoms with E-state index >= 15 is 0 Å². The second-order valence-corrected chi connectivity index (χ2v) is 9.52. The standard InChI is InChI=1S/C27H30N2O2/c1-27(2)17-20(11-10-19-12-14-23(15-13-19)29(3)4)16-22(18-27)24-25(28-31-26(24)30)21-8-6-5-7-9-21/h5-15,20H,16-18H2,1-4H3. The van der Waals surface area contributed by atoms with Gasteiger partial charge in [-0.1, -0.05) is 79.2 Å². The molecule has 0 aromatic heterocycles. The zero-order valence-electron chi connectivity index (χ0n) is 18.8. The molecule has 2 aliphatic rings. The van der Waals surface area contributed by atoms with Gasteiger partial charge in [-0.05, 0) is 48.3 Å². The number of benzene rings is 2. The minimum absolute atomic E-state index is 0.106. The van der Waals surface area contributed by atoms with Gasteiger partial charge >= 0.3 is 5.97 Å². The molecule has 0 bridgehead atoms. The Hall–Kier alpha value is -3.14. The third-order valence-corrected chi connectivity index (χ3v) is 6.05. The highest BCUT2D eigenvalue weighted by molar-refractivity contribution is 6.29. The molecule has 0 radical (unpaired) electrons. The van der Waals surface area contributed by atoms with E-state index in [4.69, 9.17) is 4.84 Å². The van der Waals surface area contributed by atoms with Gasteiger partial charge in [-0.25, -0.2) is 4.79 Å². The van der Waals surface area contributed by atoms with E-state index < -0.39 is 0 Å². The van der Waals surface area contributed by atoms with Crippen molar-refractivity contribution in [2.75, 3.05) is 19.0 Å². The predicted molar refractivity (Wildman–Crippen MR) is 127 cm³/mol. The van der Waals surface area contributed by atoms with Gasteiger partial charge < -0.3 is 9.74 Å². The lowest BCUT2D eigenvalue weighted by Crippen LogP contribution is -2.26. The summed E-state index contributed by atoms with van der Waals surface area (Å²) in [5, 5.41) is 4.12. The number of hydrogen-bond acceptors (Lipinski definition) is 4. The first-order valence-electron chi connectivity index (χ1n) is 10.9. The molecule has 1 aliphatic heterocycles. The summed E-state index contributed by atoms with van der Waals surface area (Å²) in [4.78, 5) is 19.8. The van der Waals surface area contributed by atoms with Crippen molar-refractivity contribution >= 4 is 23.4 Å². The Kier molecular flexibility index (Phi) is 5.81. The van der Waals surface area contributed by atoms with Gasteiger partial charge in [0.1, 0.15) is 5.71 Å². The Labute approximate surface area is 184 Å². The number of hydrogen-bond donors (Lipinski definition) is 0. The number of nitrogens with zero attached hydrogens (tertiary/aromatic N) is 2. The molecule has 4 rings (SSSR count). The Morgan fingerprint density at radius 3 is 2.45 bits per heavy atom. The molecule has 160 valence electrons. The van der Waals surface area contributed by atoms with E-state index in [9.17, 15) is 4.79 Å². The summed E-state index contributed by atoms with van der Waals surface area (Å²) < 4.78 is 0. The SMILES string of the molecule is CN(C)c1ccc(C=CC2CC(=C3C(=O)ON=C3c3ccccc3)CC(C)(C)C2)cc1. The monoisotopic (exact) mass is 414 g/mol. The quantitative estimate of drug-likeness (QED) is 0.465. The number of carbonyl (C=O) groups excluding carboxylic acids is 1. The molecule has 1 unspecified atom stereocenters. The number of oxime groups is 1. The van der Waals surface area contributed by atoms with Gasteiger partial charge in [0.25, 0.3) is 0 Å². The van der Waals surface area contributed by atoms with Crippen molar-refractivity contribution < 1.29 is 9.63 Å². The summed E-state index contributed by atoms with van der Waals surface area (Å²) in [6.45, 7) is 4.55. The fourth-order valence-electron chi connectivity index (χ4n) is 4.66. The van der Waals surface area contributed by atoms with E-state index in [0.29, 0.717) is 17.2 Å². The van der Waals surface area contributed by atoms with Crippen LogP contribution < -0.4 is 4.90 Å². The first-order valence-corrected chi connectivity index (χ1v) is 10.9. The predicted octanol–water partition coefficient (Wildman–Crippen LogP) is 5.85. The van der Waals surface area contributed by atoms with Gasteiger partial charge in [-0.3, -0.25) is 0 Å². The number of allylic oxidation sites excluding steroid dienone is 2. The van der Waals surface area contributed by atoms with E-state index in [-0.39, 0.29) is 11.4 Å². The van der Waals surface area contributed by atoms with Crippen LogP contribution in [-0.4, -0.2) is 25.8 Å². The van der Waals surface area contributed by atoms with Crippen LogP contribution in [0.2, 0.25) is 0 Å². The van der Waals surface area contributed by atoms with E-state index in [2.05, 4.69) is 60.3 Å². The van der Waals surface area contributed by atoms with E-state index in [1.165, 1.54) is 11.3 Å². The largest absolute Gasteiger partial charge is 0.378 e. The highest BCUT2D eigenvalue weighted by atomic mass is 16.7. The molecule has 1 atom stereocenters. The molecule has 1 aliphatic carbocycles. The van der Waals surface area contributed by atoms with Gasteiger partial charge in [-0.2, -0.15) is 0 Å². The Bertz CT molecular complexity index is 1040. The molecule has 0 amide bonds. The molecule has 4 nitrogen and oxygen atoms in total. The molecule has 31 heavy (non-hydrogen) atoms. The van der Waals surface area contributed by atoms with Gasteiger partial charge in [-0.15, -0.1) is 0 Å². The number of carbonyl (C=O) groups is 1. The molecule has 2 aromatic rings. The summed E-state index contributed by atoms with van der Waals surface area (Å²) in [5.41, 5.74) is 5.89. The van der Waals surface area contributed by atoms with Crippen molar-refractivity contribution in [2.45, 2.75) is 33.1 Å². The van der Waals surface area contributed by atoms with Crippen molar-refractivity contribution in [3.8, 4) is 0 Å². The summed E-state index contributed by atoms with van der Waals surface area (Å²) >= 11 is 0. The van der Waals surface area contributed by atoms with Crippen LogP contribution in [0.5, 0.6) is 0 Å². The molecule has 0 saturated heterocycles. The Balaban J connectivity index is 1.61. The fourth-order valence-corrected chi connectivity index (χ4v) is 4.66. The van der Waals surface area contributed by atoms with Crippen molar-refractivity contribution in [1.82, 2.24) is 0 Å². The Morgan fingerprint density at radius 2 is 1.77 bits per heavy atom. The van der Waals surface area contributed by atoms with E-state index in [1.54, 1.807) is 0 Å². The highest BCUT2D eigenvalue weighted by Crippen LogP contribution is 2.44. The van der Waals surface area contributed by atoms with Crippen molar-refractivity contribution in [3.63, 3.8) is 0 Å². The molecule has 1 fully saturated rings. The maximum absolute atomic E-state index is 12.6. The molecule has 1 heterocycles. The zero-order chi connectivity index (χ0) is 22.0. The van der Waals surface area contributed by atoms with Crippen LogP contribution in [0.4, 0.5) is 5.69 Å². The van der Waals surface area contributed by atoms with Crippen LogP contribution in [-0.2, 0) is 9.63 Å². The van der Waals surface area contributed by atoms with Crippen LogP contribution in [0.1, 0.15) is 44.2 Å². The van der Waals surface area contributed by atoms with Crippen LogP contribution in [0.3, 0.4) is 0 Å². The summed E-state index contributed by atoms with van der Waals surface area (Å²) in [6, 6.07) is 18.4.